The lowest BCUT2D eigenvalue weighted by Gasteiger charge is -1.94. The second kappa shape index (κ2) is 3.64. The second-order valence-corrected chi connectivity index (χ2v) is 3.65. The van der Waals surface area contributed by atoms with E-state index in [2.05, 4.69) is 4.74 Å². The van der Waals surface area contributed by atoms with Crippen LogP contribution in [0.3, 0.4) is 0 Å². The molecule has 0 aliphatic heterocycles. The van der Waals surface area contributed by atoms with E-state index in [0.717, 1.165) is 11.3 Å². The first kappa shape index (κ1) is 9.84. The molecule has 0 atom stereocenters. The molecule has 1 N–H and O–H groups in total. The van der Waals surface area contributed by atoms with E-state index >= 15 is 0 Å². The SMILES string of the molecule is COC(=O)c1sc(Cl)c(C#N)c1O. The van der Waals surface area contributed by atoms with Gasteiger partial charge in [0, 0.05) is 0 Å². The monoisotopic (exact) mass is 217 g/mol. The summed E-state index contributed by atoms with van der Waals surface area (Å²) < 4.78 is 4.46. The predicted molar refractivity (Wildman–Crippen MR) is 47.0 cm³/mol. The molecule has 1 heterocycles. The highest BCUT2D eigenvalue weighted by molar-refractivity contribution is 7.18. The van der Waals surface area contributed by atoms with E-state index in [4.69, 9.17) is 16.9 Å². The van der Waals surface area contributed by atoms with E-state index in [1.807, 2.05) is 0 Å². The molecule has 0 saturated carbocycles. The van der Waals surface area contributed by atoms with Gasteiger partial charge < -0.3 is 9.84 Å². The summed E-state index contributed by atoms with van der Waals surface area (Å²) in [7, 11) is 1.18. The fourth-order valence-corrected chi connectivity index (χ4v) is 1.88. The number of esters is 1. The van der Waals surface area contributed by atoms with Gasteiger partial charge in [-0.25, -0.2) is 4.79 Å². The maximum absolute atomic E-state index is 11.0. The molecule has 6 heteroatoms. The summed E-state index contributed by atoms with van der Waals surface area (Å²) in [6.45, 7) is 0. The number of nitrogens with zero attached hydrogens (tertiary/aromatic N) is 1. The van der Waals surface area contributed by atoms with Gasteiger partial charge in [0.25, 0.3) is 0 Å². The zero-order valence-electron chi connectivity index (χ0n) is 6.50. The predicted octanol–water partition coefficient (Wildman–Crippen LogP) is 1.77. The molecule has 1 aromatic heterocycles. The minimum absolute atomic E-state index is 0.0518. The maximum atomic E-state index is 11.0. The van der Waals surface area contributed by atoms with E-state index in [1.165, 1.54) is 7.11 Å². The molecule has 0 fully saturated rings. The van der Waals surface area contributed by atoms with Gasteiger partial charge >= 0.3 is 5.97 Å². The van der Waals surface area contributed by atoms with Crippen LogP contribution in [0.1, 0.15) is 15.2 Å². The third kappa shape index (κ3) is 1.59. The molecule has 4 nitrogen and oxygen atoms in total. The first-order valence-corrected chi connectivity index (χ1v) is 4.31. The summed E-state index contributed by atoms with van der Waals surface area (Å²) in [5.74, 6) is -1.12. The Bertz CT molecular complexity index is 393. The van der Waals surface area contributed by atoms with E-state index in [1.54, 1.807) is 6.07 Å². The summed E-state index contributed by atoms with van der Waals surface area (Å²) in [5.41, 5.74) is -0.0907. The highest BCUT2D eigenvalue weighted by Gasteiger charge is 2.21. The van der Waals surface area contributed by atoms with Crippen LogP contribution in [-0.2, 0) is 4.74 Å². The Hall–Kier alpha value is -1.25. The van der Waals surface area contributed by atoms with Crippen molar-refractivity contribution in [2.75, 3.05) is 7.11 Å². The fourth-order valence-electron chi connectivity index (χ4n) is 0.724. The lowest BCUT2D eigenvalue weighted by atomic mass is 10.3. The molecule has 1 rings (SSSR count). The summed E-state index contributed by atoms with van der Waals surface area (Å²) in [6, 6.07) is 1.68. The molecule has 0 radical (unpaired) electrons. The Morgan fingerprint density at radius 3 is 2.77 bits per heavy atom. The molecule has 0 saturated heterocycles. The fraction of sp³-hybridized carbons (Fsp3) is 0.143. The standard InChI is InChI=1S/C7H4ClNO3S/c1-12-7(11)5-4(10)3(2-9)6(8)13-5/h10H,1H3. The van der Waals surface area contributed by atoms with Crippen LogP contribution >= 0.6 is 22.9 Å². The van der Waals surface area contributed by atoms with Crippen LogP contribution in [0.25, 0.3) is 0 Å². The molecule has 0 unspecified atom stereocenters. The number of carbonyl (C=O) groups excluding carboxylic acids is 1. The number of methoxy groups -OCH3 is 1. The number of halogens is 1. The van der Waals surface area contributed by atoms with Gasteiger partial charge in [0.05, 0.1) is 7.11 Å². The van der Waals surface area contributed by atoms with Crippen molar-refractivity contribution in [1.82, 2.24) is 0 Å². The Kier molecular flexibility index (Phi) is 2.76. The molecule has 0 aliphatic carbocycles. The lowest BCUT2D eigenvalue weighted by Crippen LogP contribution is -1.97. The number of nitriles is 1. The molecule has 0 bridgehead atoms. The number of hydrogen-bond donors (Lipinski definition) is 1. The highest BCUT2D eigenvalue weighted by Crippen LogP contribution is 2.37. The van der Waals surface area contributed by atoms with Crippen molar-refractivity contribution in [2.24, 2.45) is 0 Å². The van der Waals surface area contributed by atoms with Crippen LogP contribution in [0.4, 0.5) is 0 Å². The van der Waals surface area contributed by atoms with Crippen molar-refractivity contribution < 1.29 is 14.6 Å². The van der Waals surface area contributed by atoms with Gasteiger partial charge in [-0.2, -0.15) is 5.26 Å². The summed E-state index contributed by atoms with van der Waals surface area (Å²) in [5, 5.41) is 17.8. The summed E-state index contributed by atoms with van der Waals surface area (Å²) >= 11 is 6.40. The van der Waals surface area contributed by atoms with Gasteiger partial charge in [0.2, 0.25) is 0 Å². The average Bonchev–Trinajstić information content (AvgIpc) is 2.40. The van der Waals surface area contributed by atoms with E-state index in [0.29, 0.717) is 0 Å². The number of thiophene rings is 1. The van der Waals surface area contributed by atoms with Crippen molar-refractivity contribution >= 4 is 28.9 Å². The van der Waals surface area contributed by atoms with Crippen molar-refractivity contribution in [3.8, 4) is 11.8 Å². The zero-order valence-corrected chi connectivity index (χ0v) is 8.07. The average molecular weight is 218 g/mol. The Morgan fingerprint density at radius 1 is 1.77 bits per heavy atom. The van der Waals surface area contributed by atoms with E-state index in [-0.39, 0.29) is 14.8 Å². The van der Waals surface area contributed by atoms with Gasteiger partial charge in [-0.15, -0.1) is 11.3 Å². The quantitative estimate of drug-likeness (QED) is 0.728. The Morgan fingerprint density at radius 2 is 2.38 bits per heavy atom. The van der Waals surface area contributed by atoms with E-state index in [9.17, 15) is 9.90 Å². The van der Waals surface area contributed by atoms with Gasteiger partial charge in [-0.1, -0.05) is 11.6 Å². The van der Waals surface area contributed by atoms with Gasteiger partial charge in [-0.05, 0) is 0 Å². The highest BCUT2D eigenvalue weighted by atomic mass is 35.5. The second-order valence-electron chi connectivity index (χ2n) is 2.03. The van der Waals surface area contributed by atoms with Crippen molar-refractivity contribution in [3.63, 3.8) is 0 Å². The minimum atomic E-state index is -0.703. The van der Waals surface area contributed by atoms with Gasteiger partial charge in [0.15, 0.2) is 10.6 Å². The van der Waals surface area contributed by atoms with Gasteiger partial charge in [-0.3, -0.25) is 0 Å². The third-order valence-electron chi connectivity index (χ3n) is 1.32. The first-order chi connectivity index (χ1) is 6.11. The molecule has 0 spiro atoms. The van der Waals surface area contributed by atoms with Crippen LogP contribution in [0.2, 0.25) is 4.34 Å². The molecular formula is C7H4ClNO3S. The van der Waals surface area contributed by atoms with Crippen molar-refractivity contribution in [3.05, 3.63) is 14.8 Å². The molecule has 0 amide bonds. The molecule has 13 heavy (non-hydrogen) atoms. The van der Waals surface area contributed by atoms with Crippen molar-refractivity contribution in [2.45, 2.75) is 0 Å². The molecule has 0 aromatic carbocycles. The lowest BCUT2D eigenvalue weighted by molar-refractivity contribution is 0.0603. The number of hydrogen-bond acceptors (Lipinski definition) is 5. The number of rotatable bonds is 1. The van der Waals surface area contributed by atoms with Crippen LogP contribution in [-0.4, -0.2) is 18.2 Å². The number of carbonyl (C=O) groups is 1. The molecule has 68 valence electrons. The van der Waals surface area contributed by atoms with Crippen LogP contribution in [0, 0.1) is 11.3 Å². The number of ether oxygens (including phenoxy) is 1. The third-order valence-corrected chi connectivity index (χ3v) is 2.69. The maximum Gasteiger partial charge on any atom is 0.351 e. The summed E-state index contributed by atoms with van der Waals surface area (Å²) in [6.07, 6.45) is 0. The Balaban J connectivity index is 3.28. The number of aromatic hydroxyl groups is 1. The van der Waals surface area contributed by atoms with Crippen LogP contribution in [0.5, 0.6) is 5.75 Å². The minimum Gasteiger partial charge on any atom is -0.505 e. The molecule has 1 aromatic rings. The van der Waals surface area contributed by atoms with Crippen LogP contribution in [0.15, 0.2) is 0 Å². The molecule has 0 aliphatic rings. The van der Waals surface area contributed by atoms with Gasteiger partial charge in [0.1, 0.15) is 16.0 Å². The summed E-state index contributed by atoms with van der Waals surface area (Å²) in [4.78, 5) is 10.9. The van der Waals surface area contributed by atoms with Crippen LogP contribution < -0.4 is 0 Å². The Labute approximate surface area is 82.9 Å². The largest absolute Gasteiger partial charge is 0.505 e. The molecular weight excluding hydrogens is 214 g/mol. The normalized spacial score (nSPS) is 9.31. The first-order valence-electron chi connectivity index (χ1n) is 3.11. The smallest absolute Gasteiger partial charge is 0.351 e. The topological polar surface area (TPSA) is 70.3 Å². The van der Waals surface area contributed by atoms with Crippen molar-refractivity contribution in [1.29, 1.82) is 5.26 Å². The zero-order chi connectivity index (χ0) is 10.0. The van der Waals surface area contributed by atoms with E-state index < -0.39 is 11.7 Å².